The Kier molecular flexibility index (Phi) is 3.93. The molecule has 2 heterocycles. The average Bonchev–Trinajstić information content (AvgIpc) is 2.95. The summed E-state index contributed by atoms with van der Waals surface area (Å²) in [4.78, 5) is 18.2. The summed E-state index contributed by atoms with van der Waals surface area (Å²) >= 11 is 0. The van der Waals surface area contributed by atoms with Crippen LogP contribution >= 0.6 is 0 Å². The van der Waals surface area contributed by atoms with E-state index < -0.39 is 17.5 Å². The molecule has 0 aromatic heterocycles. The van der Waals surface area contributed by atoms with Crippen molar-refractivity contribution in [3.63, 3.8) is 0 Å². The number of carbonyl (C=O) groups is 1. The summed E-state index contributed by atoms with van der Waals surface area (Å²) in [7, 11) is 3.79. The highest BCUT2D eigenvalue weighted by Gasteiger charge is 2.35. The lowest BCUT2D eigenvalue weighted by molar-refractivity contribution is -0.112. The lowest BCUT2D eigenvalue weighted by atomic mass is 10.3. The van der Waals surface area contributed by atoms with E-state index >= 15 is 0 Å². The SMILES string of the molecule is CN(C)N1C=CC2=NC(C(=O)Nc3cccc(F)c3F)=C[N+]2C1. The molecule has 0 bridgehead atoms. The smallest absolute Gasteiger partial charge is 0.285 e. The minimum Gasteiger partial charge on any atom is -0.318 e. The number of rotatable bonds is 3. The maximum atomic E-state index is 13.6. The quantitative estimate of drug-likeness (QED) is 0.860. The highest BCUT2D eigenvalue weighted by atomic mass is 19.2. The number of nitrogens with zero attached hydrogens (tertiary/aromatic N) is 4. The van der Waals surface area contributed by atoms with Crippen molar-refractivity contribution >= 4 is 17.4 Å². The van der Waals surface area contributed by atoms with Crippen LogP contribution in [0.15, 0.2) is 47.4 Å². The van der Waals surface area contributed by atoms with Crippen molar-refractivity contribution in [3.05, 3.63) is 54.0 Å². The summed E-state index contributed by atoms with van der Waals surface area (Å²) < 4.78 is 26.8. The Hall–Kier alpha value is -2.58. The first-order valence-electron chi connectivity index (χ1n) is 6.90. The predicted octanol–water partition coefficient (Wildman–Crippen LogP) is 1.56. The maximum absolute atomic E-state index is 13.6. The van der Waals surface area contributed by atoms with Gasteiger partial charge in [-0.3, -0.25) is 9.80 Å². The molecule has 2 aliphatic heterocycles. The van der Waals surface area contributed by atoms with Crippen LogP contribution in [-0.4, -0.2) is 42.5 Å². The molecule has 1 aromatic rings. The van der Waals surface area contributed by atoms with Crippen molar-refractivity contribution in [2.24, 2.45) is 4.99 Å². The van der Waals surface area contributed by atoms with Crippen LogP contribution in [0.1, 0.15) is 0 Å². The van der Waals surface area contributed by atoms with E-state index in [1.165, 1.54) is 12.1 Å². The summed E-state index contributed by atoms with van der Waals surface area (Å²) in [5.74, 6) is -2.09. The monoisotopic (exact) mass is 319 g/mol. The summed E-state index contributed by atoms with van der Waals surface area (Å²) in [5, 5.41) is 6.14. The topological polar surface area (TPSA) is 53.8 Å². The van der Waals surface area contributed by atoms with Crippen molar-refractivity contribution in [2.45, 2.75) is 0 Å². The molecule has 8 heteroatoms. The number of carbonyl (C=O) groups excluding carboxylic acids is 1. The number of nitrogens with one attached hydrogen (secondary N) is 1. The first-order chi connectivity index (χ1) is 11.0. The van der Waals surface area contributed by atoms with Crippen LogP contribution in [0.3, 0.4) is 0 Å². The molecule has 0 saturated heterocycles. The molecule has 0 aliphatic carbocycles. The van der Waals surface area contributed by atoms with Gasteiger partial charge in [0.25, 0.3) is 11.7 Å². The molecule has 1 amide bonds. The molecular weight excluding hydrogens is 304 g/mol. The number of anilines is 1. The van der Waals surface area contributed by atoms with Gasteiger partial charge in [0.1, 0.15) is 0 Å². The second-order valence-corrected chi connectivity index (χ2v) is 5.25. The van der Waals surface area contributed by atoms with E-state index in [4.69, 9.17) is 0 Å². The third-order valence-electron chi connectivity index (χ3n) is 3.45. The van der Waals surface area contributed by atoms with Gasteiger partial charge in [0.2, 0.25) is 6.67 Å². The number of hydrogen-bond donors (Lipinski definition) is 1. The molecule has 6 nitrogen and oxygen atoms in total. The van der Waals surface area contributed by atoms with Crippen LogP contribution in [-0.2, 0) is 4.79 Å². The fourth-order valence-electron chi connectivity index (χ4n) is 2.19. The first kappa shape index (κ1) is 15.3. The molecule has 2 aliphatic rings. The van der Waals surface area contributed by atoms with E-state index in [-0.39, 0.29) is 11.4 Å². The van der Waals surface area contributed by atoms with E-state index in [2.05, 4.69) is 10.3 Å². The maximum Gasteiger partial charge on any atom is 0.285 e. The van der Waals surface area contributed by atoms with Crippen LogP contribution < -0.4 is 10.2 Å². The van der Waals surface area contributed by atoms with E-state index in [0.717, 1.165) is 6.07 Å². The Balaban J connectivity index is 1.75. The Morgan fingerprint density at radius 1 is 1.39 bits per heavy atom. The molecule has 23 heavy (non-hydrogen) atoms. The molecule has 1 N–H and O–H groups in total. The summed E-state index contributed by atoms with van der Waals surface area (Å²) in [6.07, 6.45) is 5.18. The predicted molar refractivity (Wildman–Crippen MR) is 82.2 cm³/mol. The van der Waals surface area contributed by atoms with Crippen LogP contribution in [0.25, 0.3) is 0 Å². The van der Waals surface area contributed by atoms with E-state index in [0.29, 0.717) is 12.5 Å². The van der Waals surface area contributed by atoms with E-state index in [9.17, 15) is 13.6 Å². The molecule has 0 atom stereocenters. The number of hydrazine groups is 1. The number of amidine groups is 1. The number of amides is 1. The Labute approximate surface area is 132 Å². The van der Waals surface area contributed by atoms with Gasteiger partial charge in [0.05, 0.1) is 5.69 Å². The number of hydrogen-bond acceptors (Lipinski definition) is 5. The van der Waals surface area contributed by atoms with Crippen LogP contribution in [0.4, 0.5) is 14.5 Å². The van der Waals surface area contributed by atoms with Gasteiger partial charge in [-0.1, -0.05) is 11.0 Å². The zero-order chi connectivity index (χ0) is 16.6. The number of aliphatic imine (C=N–C) groups is 1. The molecular formula is C15H15F2N5O+. The van der Waals surface area contributed by atoms with Gasteiger partial charge >= 0.3 is 0 Å². The third kappa shape index (κ3) is 2.99. The van der Waals surface area contributed by atoms with E-state index in [1.54, 1.807) is 17.2 Å². The second-order valence-electron chi connectivity index (χ2n) is 5.25. The van der Waals surface area contributed by atoms with Crippen molar-refractivity contribution < 1.29 is 13.6 Å². The molecule has 0 unspecified atom stereocenters. The number of benzene rings is 1. The Bertz CT molecular complexity index is 741. The minimum atomic E-state index is -1.09. The average molecular weight is 319 g/mol. The van der Waals surface area contributed by atoms with Gasteiger partial charge < -0.3 is 5.32 Å². The standard InChI is InChI=1S/C15H15F2N5O/c1-20(2)22-7-6-13-18-12(8-21(13)9-22)15(23)19-11-5-3-4-10(16)14(11)17/h3-8H,9H2,1-2H3,(H,19,23)/q+1. The highest BCUT2D eigenvalue weighted by Crippen LogP contribution is 2.20. The fraction of sp³-hybridized carbons (Fsp3) is 0.200. The lowest BCUT2D eigenvalue weighted by Crippen LogP contribution is -2.47. The minimum absolute atomic E-state index is 0.133. The molecule has 0 spiro atoms. The molecule has 1 aromatic carbocycles. The zero-order valence-corrected chi connectivity index (χ0v) is 12.6. The van der Waals surface area contributed by atoms with Gasteiger partial charge in [-0.15, -0.1) is 0 Å². The molecule has 0 saturated carbocycles. The van der Waals surface area contributed by atoms with Crippen molar-refractivity contribution in [2.75, 3.05) is 26.1 Å². The molecule has 0 fully saturated rings. The van der Waals surface area contributed by atoms with E-state index in [1.807, 2.05) is 30.3 Å². The van der Waals surface area contributed by atoms with Crippen molar-refractivity contribution in [1.29, 1.82) is 0 Å². The van der Waals surface area contributed by atoms with Crippen LogP contribution in [0.5, 0.6) is 0 Å². The lowest BCUT2D eigenvalue weighted by Gasteiger charge is -2.27. The number of fused-ring (bicyclic) bond motifs is 1. The third-order valence-corrected chi connectivity index (χ3v) is 3.45. The first-order valence-corrected chi connectivity index (χ1v) is 6.90. The van der Waals surface area contributed by atoms with Gasteiger partial charge in [-0.2, -0.15) is 4.99 Å². The fourth-order valence-corrected chi connectivity index (χ4v) is 2.19. The van der Waals surface area contributed by atoms with Gasteiger partial charge in [-0.05, 0) is 12.1 Å². The zero-order valence-electron chi connectivity index (χ0n) is 12.6. The van der Waals surface area contributed by atoms with Crippen molar-refractivity contribution in [1.82, 2.24) is 14.9 Å². The largest absolute Gasteiger partial charge is 0.318 e. The highest BCUT2D eigenvalue weighted by molar-refractivity contribution is 6.10. The molecule has 1 radical (unpaired) electrons. The van der Waals surface area contributed by atoms with Gasteiger partial charge in [-0.25, -0.2) is 13.8 Å². The summed E-state index contributed by atoms with van der Waals surface area (Å²) in [6.45, 7) is 0.507. The number of halogens is 2. The summed E-state index contributed by atoms with van der Waals surface area (Å²) in [6, 6.07) is 3.60. The molecule has 3 rings (SSSR count). The second kappa shape index (κ2) is 5.90. The molecule has 119 valence electrons. The summed E-state index contributed by atoms with van der Waals surface area (Å²) in [5.41, 5.74) is -0.0830. The van der Waals surface area contributed by atoms with Crippen molar-refractivity contribution in [3.8, 4) is 0 Å². The van der Waals surface area contributed by atoms with Crippen LogP contribution in [0.2, 0.25) is 0 Å². The Morgan fingerprint density at radius 3 is 2.91 bits per heavy atom. The Morgan fingerprint density at radius 2 is 2.17 bits per heavy atom. The van der Waals surface area contributed by atoms with Crippen LogP contribution in [0, 0.1) is 11.6 Å². The van der Waals surface area contributed by atoms with Gasteiger partial charge in [0.15, 0.2) is 23.5 Å². The van der Waals surface area contributed by atoms with Gasteiger partial charge in [0, 0.05) is 26.4 Å². The normalized spacial score (nSPS) is 17.2.